The number of benzene rings is 2. The second-order valence-electron chi connectivity index (χ2n) is 7.39. The summed E-state index contributed by atoms with van der Waals surface area (Å²) in [4.78, 5) is 6.42. The van der Waals surface area contributed by atoms with Crippen LogP contribution in [0.25, 0.3) is 0 Å². The standard InChI is InChI=1S/C22H27FN6/c23-20-10-5-4-9-19(20)15-29(13-6-12-28-14-11-24-17-28)16-21-22(26-27-25-21)18-7-2-1-3-8-18/h1-5,7-11,14,17,21-22,25-27H,6,12-13,15-16H2. The molecule has 0 bridgehead atoms. The van der Waals surface area contributed by atoms with Gasteiger partial charge in [0.25, 0.3) is 0 Å². The van der Waals surface area contributed by atoms with Crippen molar-refractivity contribution >= 4 is 0 Å². The van der Waals surface area contributed by atoms with E-state index in [0.717, 1.165) is 31.6 Å². The molecule has 1 aromatic heterocycles. The molecular weight excluding hydrogens is 367 g/mol. The molecule has 0 amide bonds. The van der Waals surface area contributed by atoms with Crippen LogP contribution in [-0.4, -0.2) is 33.6 Å². The van der Waals surface area contributed by atoms with E-state index in [1.165, 1.54) is 11.6 Å². The number of rotatable bonds is 9. The number of hydrogen-bond donors (Lipinski definition) is 3. The molecule has 1 aliphatic rings. The number of aryl methyl sites for hydroxylation is 1. The van der Waals surface area contributed by atoms with Gasteiger partial charge in [0.2, 0.25) is 0 Å². The van der Waals surface area contributed by atoms with Gasteiger partial charge in [0, 0.05) is 44.1 Å². The van der Waals surface area contributed by atoms with E-state index in [1.54, 1.807) is 12.3 Å². The molecule has 152 valence electrons. The van der Waals surface area contributed by atoms with E-state index in [1.807, 2.05) is 30.7 Å². The van der Waals surface area contributed by atoms with E-state index >= 15 is 0 Å². The second-order valence-corrected chi connectivity index (χ2v) is 7.39. The lowest BCUT2D eigenvalue weighted by atomic mass is 10.00. The summed E-state index contributed by atoms with van der Waals surface area (Å²) in [6, 6.07) is 17.7. The van der Waals surface area contributed by atoms with Crippen LogP contribution in [-0.2, 0) is 13.1 Å². The maximum Gasteiger partial charge on any atom is 0.127 e. The lowest BCUT2D eigenvalue weighted by Crippen LogP contribution is -2.42. The Morgan fingerprint density at radius 3 is 2.66 bits per heavy atom. The number of nitrogens with zero attached hydrogens (tertiary/aromatic N) is 3. The van der Waals surface area contributed by atoms with Gasteiger partial charge in [-0.3, -0.25) is 4.90 Å². The number of hydrogen-bond acceptors (Lipinski definition) is 5. The quantitative estimate of drug-likeness (QED) is 0.521. The van der Waals surface area contributed by atoms with Crippen molar-refractivity contribution in [3.8, 4) is 0 Å². The van der Waals surface area contributed by atoms with Gasteiger partial charge in [-0.25, -0.2) is 20.2 Å². The van der Waals surface area contributed by atoms with Gasteiger partial charge in [0.15, 0.2) is 0 Å². The molecule has 4 rings (SSSR count). The molecule has 1 saturated heterocycles. The number of imidazole rings is 1. The second kappa shape index (κ2) is 9.76. The number of aromatic nitrogens is 2. The van der Waals surface area contributed by atoms with Gasteiger partial charge in [0.1, 0.15) is 5.82 Å². The van der Waals surface area contributed by atoms with Crippen molar-refractivity contribution in [2.75, 3.05) is 13.1 Å². The first kappa shape index (κ1) is 19.7. The Balaban J connectivity index is 1.44. The molecule has 0 saturated carbocycles. The van der Waals surface area contributed by atoms with E-state index in [-0.39, 0.29) is 17.9 Å². The Kier molecular flexibility index (Phi) is 6.63. The summed E-state index contributed by atoms with van der Waals surface area (Å²) in [6.45, 7) is 3.13. The van der Waals surface area contributed by atoms with Crippen LogP contribution in [0.4, 0.5) is 4.39 Å². The molecule has 2 atom stereocenters. The smallest absolute Gasteiger partial charge is 0.127 e. The normalized spacial score (nSPS) is 19.1. The van der Waals surface area contributed by atoms with Crippen LogP contribution in [0.3, 0.4) is 0 Å². The third kappa shape index (κ3) is 5.27. The predicted octanol–water partition coefficient (Wildman–Crippen LogP) is 2.64. The summed E-state index contributed by atoms with van der Waals surface area (Å²) in [5, 5.41) is 0. The van der Waals surface area contributed by atoms with Crippen LogP contribution < -0.4 is 16.4 Å². The van der Waals surface area contributed by atoms with Gasteiger partial charge in [-0.15, -0.1) is 0 Å². The first-order chi connectivity index (χ1) is 14.3. The van der Waals surface area contributed by atoms with E-state index in [2.05, 4.69) is 55.1 Å². The summed E-state index contributed by atoms with van der Waals surface area (Å²) >= 11 is 0. The fourth-order valence-electron chi connectivity index (χ4n) is 3.80. The zero-order valence-electron chi connectivity index (χ0n) is 16.3. The largest absolute Gasteiger partial charge is 0.337 e. The van der Waals surface area contributed by atoms with Gasteiger partial charge in [0.05, 0.1) is 18.4 Å². The molecular formula is C22H27FN6. The lowest BCUT2D eigenvalue weighted by Gasteiger charge is -2.28. The van der Waals surface area contributed by atoms with Crippen molar-refractivity contribution in [3.05, 3.63) is 90.3 Å². The van der Waals surface area contributed by atoms with Crippen molar-refractivity contribution in [2.45, 2.75) is 31.6 Å². The van der Waals surface area contributed by atoms with E-state index in [9.17, 15) is 4.39 Å². The van der Waals surface area contributed by atoms with Crippen LogP contribution in [0.15, 0.2) is 73.3 Å². The minimum absolute atomic E-state index is 0.146. The molecule has 29 heavy (non-hydrogen) atoms. The zero-order chi connectivity index (χ0) is 19.9. The highest BCUT2D eigenvalue weighted by atomic mass is 19.1. The molecule has 2 aromatic carbocycles. The monoisotopic (exact) mass is 394 g/mol. The average molecular weight is 394 g/mol. The number of hydrazine groups is 2. The topological polar surface area (TPSA) is 57.2 Å². The van der Waals surface area contributed by atoms with Crippen molar-refractivity contribution in [3.63, 3.8) is 0 Å². The Morgan fingerprint density at radius 1 is 1.03 bits per heavy atom. The zero-order valence-corrected chi connectivity index (χ0v) is 16.3. The Bertz CT molecular complexity index is 870. The highest BCUT2D eigenvalue weighted by Crippen LogP contribution is 2.20. The summed E-state index contributed by atoms with van der Waals surface area (Å²) < 4.78 is 16.3. The highest BCUT2D eigenvalue weighted by molar-refractivity contribution is 5.22. The maximum absolute atomic E-state index is 14.3. The fourth-order valence-corrected chi connectivity index (χ4v) is 3.80. The third-order valence-corrected chi connectivity index (χ3v) is 5.30. The van der Waals surface area contributed by atoms with E-state index < -0.39 is 0 Å². The molecule has 1 aliphatic heterocycles. The van der Waals surface area contributed by atoms with Gasteiger partial charge in [-0.2, -0.15) is 5.53 Å². The van der Waals surface area contributed by atoms with Crippen molar-refractivity contribution in [1.29, 1.82) is 0 Å². The molecule has 2 unspecified atom stereocenters. The van der Waals surface area contributed by atoms with Crippen molar-refractivity contribution in [1.82, 2.24) is 30.8 Å². The Morgan fingerprint density at radius 2 is 1.86 bits per heavy atom. The van der Waals surface area contributed by atoms with Crippen LogP contribution in [0.5, 0.6) is 0 Å². The van der Waals surface area contributed by atoms with Gasteiger partial charge < -0.3 is 4.57 Å². The fraction of sp³-hybridized carbons (Fsp3) is 0.318. The van der Waals surface area contributed by atoms with Crippen LogP contribution in [0.2, 0.25) is 0 Å². The molecule has 0 spiro atoms. The summed E-state index contributed by atoms with van der Waals surface area (Å²) in [5.74, 6) is -0.151. The predicted molar refractivity (Wildman–Crippen MR) is 111 cm³/mol. The Hall–Kier alpha value is -2.58. The maximum atomic E-state index is 14.3. The van der Waals surface area contributed by atoms with Crippen molar-refractivity contribution < 1.29 is 4.39 Å². The minimum Gasteiger partial charge on any atom is -0.337 e. The van der Waals surface area contributed by atoms with Crippen molar-refractivity contribution in [2.24, 2.45) is 0 Å². The van der Waals surface area contributed by atoms with Gasteiger partial charge in [-0.05, 0) is 18.1 Å². The summed E-state index contributed by atoms with van der Waals surface area (Å²) in [6.07, 6.45) is 6.56. The molecule has 0 aliphatic carbocycles. The summed E-state index contributed by atoms with van der Waals surface area (Å²) in [7, 11) is 0. The van der Waals surface area contributed by atoms with Crippen LogP contribution in [0, 0.1) is 5.82 Å². The first-order valence-electron chi connectivity index (χ1n) is 10.0. The number of halogens is 1. The molecule has 7 heteroatoms. The van der Waals surface area contributed by atoms with Gasteiger partial charge in [-0.1, -0.05) is 48.5 Å². The van der Waals surface area contributed by atoms with Crippen LogP contribution >= 0.6 is 0 Å². The molecule has 6 nitrogen and oxygen atoms in total. The third-order valence-electron chi connectivity index (χ3n) is 5.30. The Labute approximate surface area is 170 Å². The molecule has 3 N–H and O–H groups in total. The summed E-state index contributed by atoms with van der Waals surface area (Å²) in [5.41, 5.74) is 11.7. The highest BCUT2D eigenvalue weighted by Gasteiger charge is 2.29. The molecule has 2 heterocycles. The molecule has 1 fully saturated rings. The first-order valence-corrected chi connectivity index (χ1v) is 10.0. The molecule has 0 radical (unpaired) electrons. The SMILES string of the molecule is Fc1ccccc1CN(CCCn1ccnc1)CC1NNNC1c1ccccc1. The number of nitrogens with one attached hydrogen (secondary N) is 3. The van der Waals surface area contributed by atoms with E-state index in [4.69, 9.17) is 0 Å². The van der Waals surface area contributed by atoms with Crippen LogP contribution in [0.1, 0.15) is 23.6 Å². The van der Waals surface area contributed by atoms with E-state index in [0.29, 0.717) is 6.54 Å². The minimum atomic E-state index is -0.151. The lowest BCUT2D eigenvalue weighted by molar-refractivity contribution is 0.223. The molecule has 3 aromatic rings. The van der Waals surface area contributed by atoms with Gasteiger partial charge >= 0.3 is 0 Å². The average Bonchev–Trinajstić information content (AvgIpc) is 3.42.